The van der Waals surface area contributed by atoms with Gasteiger partial charge < -0.3 is 16.4 Å². The molecule has 2 aliphatic heterocycles. The van der Waals surface area contributed by atoms with E-state index in [9.17, 15) is 9.59 Å². The normalized spacial score (nSPS) is 20.8. The lowest BCUT2D eigenvalue weighted by Gasteiger charge is -2.30. The smallest absolute Gasteiger partial charge is 0.241 e. The van der Waals surface area contributed by atoms with E-state index in [-0.39, 0.29) is 48.6 Å². The van der Waals surface area contributed by atoms with Crippen molar-refractivity contribution in [3.05, 3.63) is 29.8 Å². The van der Waals surface area contributed by atoms with Gasteiger partial charge in [-0.2, -0.15) is 0 Å². The van der Waals surface area contributed by atoms with Crippen LogP contribution in [0.4, 0.5) is 5.69 Å². The van der Waals surface area contributed by atoms with Crippen LogP contribution in [0.2, 0.25) is 0 Å². The Morgan fingerprint density at radius 1 is 1.15 bits per heavy atom. The van der Waals surface area contributed by atoms with E-state index in [1.165, 1.54) is 5.56 Å². The Labute approximate surface area is 173 Å². The average molecular weight is 417 g/mol. The molecule has 0 spiro atoms. The molecule has 0 saturated carbocycles. The molecule has 0 radical (unpaired) electrons. The van der Waals surface area contributed by atoms with Gasteiger partial charge >= 0.3 is 0 Å². The number of primary amides is 1. The summed E-state index contributed by atoms with van der Waals surface area (Å²) in [6.45, 7) is 3.52. The summed E-state index contributed by atoms with van der Waals surface area (Å²) in [6.07, 6.45) is 4.82. The van der Waals surface area contributed by atoms with Crippen LogP contribution in [0, 0.1) is 5.92 Å². The number of rotatable bonds is 5. The van der Waals surface area contributed by atoms with Crippen molar-refractivity contribution in [2.75, 3.05) is 25.0 Å². The van der Waals surface area contributed by atoms with E-state index in [1.807, 2.05) is 18.2 Å². The summed E-state index contributed by atoms with van der Waals surface area (Å²) >= 11 is 0. The van der Waals surface area contributed by atoms with Crippen molar-refractivity contribution >= 4 is 42.3 Å². The highest BCUT2D eigenvalue weighted by molar-refractivity contribution is 5.94. The zero-order valence-electron chi connectivity index (χ0n) is 15.5. The molecule has 0 bridgehead atoms. The topological polar surface area (TPSA) is 87.5 Å². The lowest BCUT2D eigenvalue weighted by atomic mass is 9.96. The number of carbonyl (C=O) groups is 2. The number of likely N-dealkylation sites (tertiary alicyclic amines) is 1. The van der Waals surface area contributed by atoms with Crippen molar-refractivity contribution < 1.29 is 9.59 Å². The van der Waals surface area contributed by atoms with Gasteiger partial charge in [-0.3, -0.25) is 14.5 Å². The summed E-state index contributed by atoms with van der Waals surface area (Å²) in [6, 6.07) is 7.96. The van der Waals surface area contributed by atoms with Crippen LogP contribution < -0.4 is 16.4 Å². The SMILES string of the molecule is Cl.Cl.NC(=O)C1CCN(Cc2cccc(NC(=O)[C@H]3CCCCN3)c2)CC1. The molecular formula is C19H30Cl2N4O2. The van der Waals surface area contributed by atoms with Gasteiger partial charge in [0.15, 0.2) is 0 Å². The molecule has 1 aromatic rings. The zero-order valence-corrected chi connectivity index (χ0v) is 17.1. The maximum atomic E-state index is 12.3. The molecular weight excluding hydrogens is 387 g/mol. The summed E-state index contributed by atoms with van der Waals surface area (Å²) in [5.74, 6) is -0.107. The maximum Gasteiger partial charge on any atom is 0.241 e. The van der Waals surface area contributed by atoms with E-state index in [0.717, 1.165) is 64.0 Å². The summed E-state index contributed by atoms with van der Waals surface area (Å²) in [5.41, 5.74) is 7.41. The maximum absolute atomic E-state index is 12.3. The third kappa shape index (κ3) is 6.96. The molecule has 0 aromatic heterocycles. The van der Waals surface area contributed by atoms with Crippen molar-refractivity contribution in [1.29, 1.82) is 0 Å². The van der Waals surface area contributed by atoms with E-state index in [1.54, 1.807) is 0 Å². The molecule has 3 rings (SSSR count). The van der Waals surface area contributed by atoms with E-state index in [0.29, 0.717) is 0 Å². The Bertz CT molecular complexity index is 615. The van der Waals surface area contributed by atoms with Gasteiger partial charge in [0.2, 0.25) is 11.8 Å². The number of hydrogen-bond donors (Lipinski definition) is 3. The monoisotopic (exact) mass is 416 g/mol. The molecule has 27 heavy (non-hydrogen) atoms. The van der Waals surface area contributed by atoms with Crippen molar-refractivity contribution in [2.24, 2.45) is 11.7 Å². The number of nitrogens with zero attached hydrogens (tertiary/aromatic N) is 1. The van der Waals surface area contributed by atoms with Crippen LogP contribution in [-0.4, -0.2) is 42.4 Å². The number of nitrogens with one attached hydrogen (secondary N) is 2. The molecule has 2 amide bonds. The van der Waals surface area contributed by atoms with Gasteiger partial charge in [-0.15, -0.1) is 24.8 Å². The molecule has 0 aliphatic carbocycles. The number of amides is 2. The summed E-state index contributed by atoms with van der Waals surface area (Å²) in [4.78, 5) is 25.9. The summed E-state index contributed by atoms with van der Waals surface area (Å²) in [7, 11) is 0. The fraction of sp³-hybridized carbons (Fsp3) is 0.579. The second-order valence-electron chi connectivity index (χ2n) is 7.14. The van der Waals surface area contributed by atoms with E-state index >= 15 is 0 Å². The standard InChI is InChI=1S/C19H28N4O2.2ClH/c20-18(24)15-7-10-23(11-8-15)13-14-4-3-5-16(12-14)22-19(25)17-6-1-2-9-21-17;;/h3-5,12,15,17,21H,1-2,6-11,13H2,(H2,20,24)(H,22,25);2*1H/t17-;;/m1../s1. The first kappa shape index (κ1) is 23.7. The number of carbonyl (C=O) groups excluding carboxylic acids is 2. The quantitative estimate of drug-likeness (QED) is 0.686. The number of hydrogen-bond acceptors (Lipinski definition) is 4. The predicted octanol–water partition coefficient (Wildman–Crippen LogP) is 2.31. The number of benzene rings is 1. The molecule has 152 valence electrons. The van der Waals surface area contributed by atoms with E-state index < -0.39 is 0 Å². The number of piperidine rings is 2. The van der Waals surface area contributed by atoms with E-state index in [2.05, 4.69) is 21.6 Å². The molecule has 6 nitrogen and oxygen atoms in total. The molecule has 0 unspecified atom stereocenters. The minimum atomic E-state index is -0.180. The highest BCUT2D eigenvalue weighted by Crippen LogP contribution is 2.20. The fourth-order valence-corrected chi connectivity index (χ4v) is 3.69. The Morgan fingerprint density at radius 2 is 1.89 bits per heavy atom. The minimum Gasteiger partial charge on any atom is -0.369 e. The van der Waals surface area contributed by atoms with Gasteiger partial charge in [-0.25, -0.2) is 0 Å². The van der Waals surface area contributed by atoms with Crippen molar-refractivity contribution in [1.82, 2.24) is 10.2 Å². The summed E-state index contributed by atoms with van der Waals surface area (Å²) in [5, 5.41) is 6.30. The number of anilines is 1. The predicted molar refractivity (Wildman–Crippen MR) is 112 cm³/mol. The van der Waals surface area contributed by atoms with Crippen molar-refractivity contribution in [3.8, 4) is 0 Å². The third-order valence-electron chi connectivity index (χ3n) is 5.22. The van der Waals surface area contributed by atoms with Gasteiger partial charge in [0.05, 0.1) is 6.04 Å². The number of halogens is 2. The molecule has 1 aromatic carbocycles. The van der Waals surface area contributed by atoms with Crippen LogP contribution in [-0.2, 0) is 16.1 Å². The van der Waals surface area contributed by atoms with E-state index in [4.69, 9.17) is 5.73 Å². The first-order valence-corrected chi connectivity index (χ1v) is 9.26. The highest BCUT2D eigenvalue weighted by Gasteiger charge is 2.23. The Morgan fingerprint density at radius 3 is 2.52 bits per heavy atom. The van der Waals surface area contributed by atoms with Gasteiger partial charge in [0.25, 0.3) is 0 Å². The lowest BCUT2D eigenvalue weighted by Crippen LogP contribution is -2.43. The van der Waals surface area contributed by atoms with Crippen molar-refractivity contribution in [3.63, 3.8) is 0 Å². The minimum absolute atomic E-state index is 0. The molecule has 1 atom stereocenters. The van der Waals surface area contributed by atoms with Crippen molar-refractivity contribution in [2.45, 2.75) is 44.7 Å². The second kappa shape index (κ2) is 11.5. The van der Waals surface area contributed by atoms with Gasteiger partial charge in [-0.05, 0) is 63.0 Å². The first-order valence-electron chi connectivity index (χ1n) is 9.26. The molecule has 2 heterocycles. The van der Waals surface area contributed by atoms with Crippen LogP contribution in [0.25, 0.3) is 0 Å². The average Bonchev–Trinajstić information content (AvgIpc) is 2.63. The zero-order chi connectivity index (χ0) is 17.6. The first-order chi connectivity index (χ1) is 12.1. The van der Waals surface area contributed by atoms with Crippen LogP contribution in [0.5, 0.6) is 0 Å². The van der Waals surface area contributed by atoms with Gasteiger partial charge in [0, 0.05) is 18.2 Å². The fourth-order valence-electron chi connectivity index (χ4n) is 3.69. The molecule has 4 N–H and O–H groups in total. The Hall–Kier alpha value is -1.34. The highest BCUT2D eigenvalue weighted by atomic mass is 35.5. The van der Waals surface area contributed by atoms with Crippen LogP contribution >= 0.6 is 24.8 Å². The van der Waals surface area contributed by atoms with Crippen LogP contribution in [0.1, 0.15) is 37.7 Å². The molecule has 2 aliphatic rings. The second-order valence-corrected chi connectivity index (χ2v) is 7.14. The molecule has 2 fully saturated rings. The van der Waals surface area contributed by atoms with Crippen LogP contribution in [0.15, 0.2) is 24.3 Å². The third-order valence-corrected chi connectivity index (χ3v) is 5.22. The molecule has 2 saturated heterocycles. The van der Waals surface area contributed by atoms with Crippen LogP contribution in [0.3, 0.4) is 0 Å². The van der Waals surface area contributed by atoms with Gasteiger partial charge in [-0.1, -0.05) is 18.6 Å². The largest absolute Gasteiger partial charge is 0.369 e. The van der Waals surface area contributed by atoms with Gasteiger partial charge in [0.1, 0.15) is 0 Å². The Kier molecular flexibility index (Phi) is 10.1. The Balaban J connectivity index is 0.00000182. The number of nitrogens with two attached hydrogens (primary N) is 1. The lowest BCUT2D eigenvalue weighted by molar-refractivity contribution is -0.123. The molecule has 8 heteroatoms. The summed E-state index contributed by atoms with van der Waals surface area (Å²) < 4.78 is 0.